The zero-order valence-electron chi connectivity index (χ0n) is 6.61. The average Bonchev–Trinajstić information content (AvgIpc) is 2.32. The Kier molecular flexibility index (Phi) is 2.79. The van der Waals surface area contributed by atoms with Crippen molar-refractivity contribution in [3.63, 3.8) is 0 Å². The predicted octanol–water partition coefficient (Wildman–Crippen LogP) is -1.77. The van der Waals surface area contributed by atoms with Gasteiger partial charge in [0.2, 0.25) is 0 Å². The molecule has 13 heavy (non-hydrogen) atoms. The van der Waals surface area contributed by atoms with E-state index in [9.17, 15) is 5.11 Å². The van der Waals surface area contributed by atoms with Gasteiger partial charge in [0, 0.05) is 10.9 Å². The van der Waals surface area contributed by atoms with Gasteiger partial charge in [0.25, 0.3) is 0 Å². The molecule has 1 unspecified atom stereocenters. The summed E-state index contributed by atoms with van der Waals surface area (Å²) >= 11 is 0. The molecule has 0 aliphatic carbocycles. The molecule has 1 fully saturated rings. The quantitative estimate of drug-likeness (QED) is 0.204. The molecule has 0 bridgehead atoms. The fourth-order valence-electron chi connectivity index (χ4n) is 1.14. The first-order valence-corrected chi connectivity index (χ1v) is 3.54. The van der Waals surface area contributed by atoms with Crippen molar-refractivity contribution < 1.29 is 20.1 Å². The lowest BCUT2D eigenvalue weighted by Gasteiger charge is -2.23. The van der Waals surface area contributed by atoms with Crippen molar-refractivity contribution in [2.75, 3.05) is 6.61 Å². The zero-order chi connectivity index (χ0) is 10.1. The molecule has 1 aliphatic heterocycles. The standard InChI is InChI=1S/C5H8BN3O4/c6-4-2(11)3(12)5(1-10,13-4)8-9-7/h2-4,10-12H,1H2/t2-,3?,4+,5+/m0/s1. The Morgan fingerprint density at radius 2 is 2.23 bits per heavy atom. The first kappa shape index (κ1) is 10.3. The van der Waals surface area contributed by atoms with E-state index in [1.165, 1.54) is 0 Å². The van der Waals surface area contributed by atoms with E-state index < -0.39 is 30.5 Å². The number of rotatable bonds is 2. The Hall–Kier alpha value is -0.785. The van der Waals surface area contributed by atoms with E-state index in [2.05, 4.69) is 10.0 Å². The van der Waals surface area contributed by atoms with Gasteiger partial charge in [-0.15, -0.1) is 0 Å². The third-order valence-electron chi connectivity index (χ3n) is 1.90. The number of aliphatic hydroxyl groups is 3. The maximum atomic E-state index is 9.33. The predicted molar refractivity (Wildman–Crippen MR) is 41.6 cm³/mol. The van der Waals surface area contributed by atoms with Crippen molar-refractivity contribution in [3.8, 4) is 0 Å². The number of hydrogen-bond donors (Lipinski definition) is 3. The van der Waals surface area contributed by atoms with Crippen molar-refractivity contribution in [1.82, 2.24) is 0 Å². The summed E-state index contributed by atoms with van der Waals surface area (Å²) in [5.41, 5.74) is 6.28. The maximum absolute atomic E-state index is 9.33. The minimum Gasteiger partial charge on any atom is -0.393 e. The summed E-state index contributed by atoms with van der Waals surface area (Å²) in [6.45, 7) is -0.747. The van der Waals surface area contributed by atoms with Gasteiger partial charge in [-0.3, -0.25) is 0 Å². The van der Waals surface area contributed by atoms with Gasteiger partial charge in [-0.25, -0.2) is 0 Å². The monoisotopic (exact) mass is 185 g/mol. The van der Waals surface area contributed by atoms with Gasteiger partial charge in [-0.2, -0.15) is 0 Å². The Labute approximate surface area is 75.0 Å². The highest BCUT2D eigenvalue weighted by Gasteiger charge is 2.51. The number of azide groups is 1. The highest BCUT2D eigenvalue weighted by atomic mass is 16.6. The lowest BCUT2D eigenvalue weighted by Crippen LogP contribution is -2.44. The molecule has 8 heteroatoms. The molecule has 7 nitrogen and oxygen atoms in total. The number of ether oxygens (including phenoxy) is 1. The third-order valence-corrected chi connectivity index (χ3v) is 1.90. The van der Waals surface area contributed by atoms with Crippen LogP contribution in [-0.4, -0.2) is 53.7 Å². The van der Waals surface area contributed by atoms with Gasteiger partial charge >= 0.3 is 0 Å². The molecule has 70 valence electrons. The van der Waals surface area contributed by atoms with E-state index >= 15 is 0 Å². The smallest absolute Gasteiger partial charge is 0.197 e. The molecule has 0 amide bonds. The Balaban J connectivity index is 2.95. The molecule has 1 saturated heterocycles. The largest absolute Gasteiger partial charge is 0.393 e. The van der Waals surface area contributed by atoms with Crippen molar-refractivity contribution in [2.45, 2.75) is 23.9 Å². The van der Waals surface area contributed by atoms with Crippen LogP contribution in [-0.2, 0) is 4.74 Å². The number of aliphatic hydroxyl groups excluding tert-OH is 3. The molecule has 2 radical (unpaired) electrons. The van der Waals surface area contributed by atoms with E-state index in [4.69, 9.17) is 28.3 Å². The number of hydrogen-bond acceptors (Lipinski definition) is 5. The molecule has 1 aliphatic rings. The first-order chi connectivity index (χ1) is 6.07. The second-order valence-corrected chi connectivity index (χ2v) is 2.71. The lowest BCUT2D eigenvalue weighted by molar-refractivity contribution is -0.0947. The van der Waals surface area contributed by atoms with Crippen LogP contribution in [0.4, 0.5) is 0 Å². The summed E-state index contributed by atoms with van der Waals surface area (Å²) < 4.78 is 4.77. The van der Waals surface area contributed by atoms with Gasteiger partial charge in [0.05, 0.1) is 6.61 Å². The minimum absolute atomic E-state index is 0.747. The van der Waals surface area contributed by atoms with Crippen LogP contribution >= 0.6 is 0 Å². The van der Waals surface area contributed by atoms with E-state index in [0.717, 1.165) is 0 Å². The third kappa shape index (κ3) is 1.50. The van der Waals surface area contributed by atoms with Gasteiger partial charge < -0.3 is 20.1 Å². The van der Waals surface area contributed by atoms with Crippen LogP contribution in [0.25, 0.3) is 10.4 Å². The van der Waals surface area contributed by atoms with Crippen LogP contribution in [0.2, 0.25) is 0 Å². The zero-order valence-corrected chi connectivity index (χ0v) is 6.61. The lowest BCUT2D eigenvalue weighted by atomic mass is 9.92. The van der Waals surface area contributed by atoms with E-state index in [1.54, 1.807) is 0 Å². The number of nitrogens with zero attached hydrogens (tertiary/aromatic N) is 3. The van der Waals surface area contributed by atoms with Crippen LogP contribution in [0.15, 0.2) is 5.11 Å². The highest BCUT2D eigenvalue weighted by molar-refractivity contribution is 6.11. The topological polar surface area (TPSA) is 119 Å². The second kappa shape index (κ2) is 3.53. The molecule has 0 aromatic carbocycles. The molecular formula is C5H8BN3O4. The normalized spacial score (nSPS) is 44.4. The second-order valence-electron chi connectivity index (χ2n) is 2.71. The van der Waals surface area contributed by atoms with Gasteiger partial charge in [-0.05, 0) is 5.53 Å². The summed E-state index contributed by atoms with van der Waals surface area (Å²) in [4.78, 5) is 2.39. The van der Waals surface area contributed by atoms with Crippen LogP contribution in [0.5, 0.6) is 0 Å². The van der Waals surface area contributed by atoms with E-state index in [-0.39, 0.29) is 0 Å². The fraction of sp³-hybridized carbons (Fsp3) is 1.00. The van der Waals surface area contributed by atoms with Gasteiger partial charge in [0.15, 0.2) is 5.72 Å². The summed E-state index contributed by atoms with van der Waals surface area (Å²) in [5, 5.41) is 30.4. The molecule has 1 heterocycles. The summed E-state index contributed by atoms with van der Waals surface area (Å²) in [5.74, 6) is 0. The van der Waals surface area contributed by atoms with Gasteiger partial charge in [-0.1, -0.05) is 5.11 Å². The van der Waals surface area contributed by atoms with Crippen LogP contribution in [0, 0.1) is 0 Å². The molecule has 0 aromatic rings. The maximum Gasteiger partial charge on any atom is 0.197 e. The van der Waals surface area contributed by atoms with Crippen LogP contribution < -0.4 is 0 Å². The Morgan fingerprint density at radius 3 is 2.54 bits per heavy atom. The summed E-state index contributed by atoms with van der Waals surface area (Å²) in [6, 6.07) is -1.17. The SMILES string of the molecule is [B][C@@H]1O[C@@](CO)(N=[N+]=[N-])C(O)[C@@H]1O. The van der Waals surface area contributed by atoms with E-state index in [1.807, 2.05) is 0 Å². The Morgan fingerprint density at radius 1 is 1.62 bits per heavy atom. The molecular weight excluding hydrogens is 177 g/mol. The summed E-state index contributed by atoms with van der Waals surface area (Å²) in [7, 11) is 5.22. The van der Waals surface area contributed by atoms with E-state index in [0.29, 0.717) is 0 Å². The highest BCUT2D eigenvalue weighted by Crippen LogP contribution is 2.31. The molecule has 0 aromatic heterocycles. The van der Waals surface area contributed by atoms with Gasteiger partial charge in [0.1, 0.15) is 20.1 Å². The molecule has 0 saturated carbocycles. The van der Waals surface area contributed by atoms with Crippen molar-refractivity contribution in [1.29, 1.82) is 0 Å². The molecule has 4 atom stereocenters. The van der Waals surface area contributed by atoms with Crippen LogP contribution in [0.1, 0.15) is 0 Å². The Bertz CT molecular complexity index is 246. The summed E-state index contributed by atoms with van der Waals surface area (Å²) in [6.07, 6.45) is -2.90. The van der Waals surface area contributed by atoms with Crippen molar-refractivity contribution in [3.05, 3.63) is 10.4 Å². The van der Waals surface area contributed by atoms with Crippen molar-refractivity contribution in [2.24, 2.45) is 5.11 Å². The van der Waals surface area contributed by atoms with Crippen molar-refractivity contribution >= 4 is 7.85 Å². The molecule has 1 rings (SSSR count). The molecule has 3 N–H and O–H groups in total. The average molecular weight is 185 g/mol. The minimum atomic E-state index is -1.87. The fourth-order valence-corrected chi connectivity index (χ4v) is 1.14. The van der Waals surface area contributed by atoms with Crippen LogP contribution in [0.3, 0.4) is 0 Å². The molecule has 0 spiro atoms. The first-order valence-electron chi connectivity index (χ1n) is 3.54.